The highest BCUT2D eigenvalue weighted by Crippen LogP contribution is 2.27. The number of hydrogen-bond acceptors (Lipinski definition) is 2. The second-order valence-corrected chi connectivity index (χ2v) is 3.69. The van der Waals surface area contributed by atoms with Gasteiger partial charge < -0.3 is 9.84 Å². The number of carboxylic acids is 1. The number of methoxy groups -OCH3 is 1. The lowest BCUT2D eigenvalue weighted by atomic mass is 9.95. The molecule has 1 aromatic rings. The molecule has 1 aromatic carbocycles. The summed E-state index contributed by atoms with van der Waals surface area (Å²) in [6.07, 6.45) is 0.0719. The van der Waals surface area contributed by atoms with Crippen molar-refractivity contribution >= 4 is 5.97 Å². The Morgan fingerprint density at radius 3 is 2.40 bits per heavy atom. The SMILES string of the molecule is COc1cc(C)c(CC(=O)O)c(C)c1C. The van der Waals surface area contributed by atoms with Gasteiger partial charge in [-0.3, -0.25) is 4.79 Å². The molecule has 0 radical (unpaired) electrons. The van der Waals surface area contributed by atoms with Crippen LogP contribution >= 0.6 is 0 Å². The van der Waals surface area contributed by atoms with Gasteiger partial charge in [0.05, 0.1) is 13.5 Å². The van der Waals surface area contributed by atoms with Crippen LogP contribution in [0.25, 0.3) is 0 Å². The first-order chi connectivity index (χ1) is 6.97. The largest absolute Gasteiger partial charge is 0.496 e. The fraction of sp³-hybridized carbons (Fsp3) is 0.417. The first-order valence-electron chi connectivity index (χ1n) is 4.82. The number of ether oxygens (including phenoxy) is 1. The van der Waals surface area contributed by atoms with Crippen LogP contribution < -0.4 is 4.74 Å². The van der Waals surface area contributed by atoms with Crippen LogP contribution in [0, 0.1) is 20.8 Å². The average molecular weight is 208 g/mol. The number of carbonyl (C=O) groups is 1. The Hall–Kier alpha value is -1.51. The third kappa shape index (κ3) is 2.29. The minimum absolute atomic E-state index is 0.0719. The van der Waals surface area contributed by atoms with Gasteiger partial charge in [0.15, 0.2) is 0 Å². The van der Waals surface area contributed by atoms with Gasteiger partial charge in [0.25, 0.3) is 0 Å². The summed E-state index contributed by atoms with van der Waals surface area (Å²) >= 11 is 0. The molecule has 15 heavy (non-hydrogen) atoms. The molecule has 0 aliphatic carbocycles. The Balaban J connectivity index is 3.29. The standard InChI is InChI=1S/C12H16O3/c1-7-5-11(15-4)9(3)8(2)10(7)6-12(13)14/h5H,6H2,1-4H3,(H,13,14). The molecular weight excluding hydrogens is 192 g/mol. The van der Waals surface area contributed by atoms with Gasteiger partial charge >= 0.3 is 5.97 Å². The lowest BCUT2D eigenvalue weighted by molar-refractivity contribution is -0.136. The molecule has 0 fully saturated rings. The van der Waals surface area contributed by atoms with E-state index in [1.165, 1.54) is 0 Å². The van der Waals surface area contributed by atoms with E-state index in [4.69, 9.17) is 9.84 Å². The van der Waals surface area contributed by atoms with Crippen LogP contribution in [0.2, 0.25) is 0 Å². The molecule has 3 nitrogen and oxygen atoms in total. The lowest BCUT2D eigenvalue weighted by Crippen LogP contribution is -2.06. The molecular formula is C12H16O3. The maximum absolute atomic E-state index is 10.7. The molecule has 0 atom stereocenters. The van der Waals surface area contributed by atoms with E-state index in [1.54, 1.807) is 7.11 Å². The summed E-state index contributed by atoms with van der Waals surface area (Å²) in [6.45, 7) is 5.79. The summed E-state index contributed by atoms with van der Waals surface area (Å²) in [7, 11) is 1.62. The summed E-state index contributed by atoms with van der Waals surface area (Å²) < 4.78 is 5.22. The molecule has 0 aliphatic heterocycles. The summed E-state index contributed by atoms with van der Waals surface area (Å²) in [5.74, 6) is 0.0184. The summed E-state index contributed by atoms with van der Waals surface area (Å²) in [4.78, 5) is 10.7. The van der Waals surface area contributed by atoms with Crippen molar-refractivity contribution in [1.29, 1.82) is 0 Å². The van der Waals surface area contributed by atoms with Crippen molar-refractivity contribution in [2.75, 3.05) is 7.11 Å². The number of benzene rings is 1. The summed E-state index contributed by atoms with van der Waals surface area (Å²) in [5.41, 5.74) is 3.88. The minimum Gasteiger partial charge on any atom is -0.496 e. The molecule has 1 rings (SSSR count). The molecule has 0 aromatic heterocycles. The minimum atomic E-state index is -0.800. The molecule has 0 heterocycles. The van der Waals surface area contributed by atoms with E-state index in [0.717, 1.165) is 28.0 Å². The second-order valence-electron chi connectivity index (χ2n) is 3.69. The maximum Gasteiger partial charge on any atom is 0.307 e. The highest BCUT2D eigenvalue weighted by atomic mass is 16.5. The highest BCUT2D eigenvalue weighted by molar-refractivity contribution is 5.72. The van der Waals surface area contributed by atoms with Gasteiger partial charge in [-0.1, -0.05) is 0 Å². The van der Waals surface area contributed by atoms with Crippen molar-refractivity contribution in [1.82, 2.24) is 0 Å². The number of aliphatic carboxylic acids is 1. The number of hydrogen-bond donors (Lipinski definition) is 1. The van der Waals surface area contributed by atoms with Gasteiger partial charge in [-0.05, 0) is 49.1 Å². The monoisotopic (exact) mass is 208 g/mol. The molecule has 0 aliphatic rings. The third-order valence-corrected chi connectivity index (χ3v) is 2.76. The van der Waals surface area contributed by atoms with Crippen molar-refractivity contribution < 1.29 is 14.6 Å². The zero-order chi connectivity index (χ0) is 11.6. The van der Waals surface area contributed by atoms with Crippen LogP contribution in [-0.4, -0.2) is 18.2 Å². The van der Waals surface area contributed by atoms with Crippen LogP contribution in [0.4, 0.5) is 0 Å². The van der Waals surface area contributed by atoms with Crippen LogP contribution in [0.15, 0.2) is 6.07 Å². The summed E-state index contributed by atoms with van der Waals surface area (Å²) in [5, 5.41) is 8.80. The smallest absolute Gasteiger partial charge is 0.307 e. The van der Waals surface area contributed by atoms with E-state index in [0.29, 0.717) is 0 Å². The molecule has 0 saturated heterocycles. The van der Waals surface area contributed by atoms with E-state index in [9.17, 15) is 4.79 Å². The molecule has 0 saturated carbocycles. The quantitative estimate of drug-likeness (QED) is 0.828. The molecule has 3 heteroatoms. The van der Waals surface area contributed by atoms with Crippen LogP contribution in [0.3, 0.4) is 0 Å². The average Bonchev–Trinajstić information content (AvgIpc) is 2.18. The number of rotatable bonds is 3. The zero-order valence-electron chi connectivity index (χ0n) is 9.55. The molecule has 82 valence electrons. The maximum atomic E-state index is 10.7. The Morgan fingerprint density at radius 1 is 1.33 bits per heavy atom. The van der Waals surface area contributed by atoms with E-state index < -0.39 is 5.97 Å². The molecule has 0 unspecified atom stereocenters. The Kier molecular flexibility index (Phi) is 3.35. The van der Waals surface area contributed by atoms with Crippen LogP contribution in [0.5, 0.6) is 5.75 Å². The number of aryl methyl sites for hydroxylation is 1. The van der Waals surface area contributed by atoms with E-state index in [1.807, 2.05) is 26.8 Å². The topological polar surface area (TPSA) is 46.5 Å². The predicted octanol–water partition coefficient (Wildman–Crippen LogP) is 2.25. The van der Waals surface area contributed by atoms with Crippen LogP contribution in [-0.2, 0) is 11.2 Å². The van der Waals surface area contributed by atoms with Gasteiger partial charge in [0.1, 0.15) is 5.75 Å². The summed E-state index contributed by atoms with van der Waals surface area (Å²) in [6, 6.07) is 1.89. The predicted molar refractivity (Wildman–Crippen MR) is 58.5 cm³/mol. The molecule has 0 spiro atoms. The zero-order valence-corrected chi connectivity index (χ0v) is 9.55. The molecule has 0 amide bonds. The van der Waals surface area contributed by atoms with Gasteiger partial charge in [-0.15, -0.1) is 0 Å². The van der Waals surface area contributed by atoms with Crippen molar-refractivity contribution in [2.24, 2.45) is 0 Å². The fourth-order valence-corrected chi connectivity index (χ4v) is 1.73. The Bertz CT molecular complexity index is 394. The van der Waals surface area contributed by atoms with Crippen molar-refractivity contribution in [3.05, 3.63) is 28.3 Å². The first-order valence-corrected chi connectivity index (χ1v) is 4.82. The lowest BCUT2D eigenvalue weighted by Gasteiger charge is -2.14. The molecule has 0 bridgehead atoms. The Morgan fingerprint density at radius 2 is 1.93 bits per heavy atom. The van der Waals surface area contributed by atoms with E-state index in [-0.39, 0.29) is 6.42 Å². The second kappa shape index (κ2) is 4.34. The van der Waals surface area contributed by atoms with E-state index >= 15 is 0 Å². The van der Waals surface area contributed by atoms with Gasteiger partial charge in [0, 0.05) is 0 Å². The first kappa shape index (κ1) is 11.6. The molecule has 1 N–H and O–H groups in total. The number of carboxylic acid groups (broad SMARTS) is 1. The highest BCUT2D eigenvalue weighted by Gasteiger charge is 2.12. The van der Waals surface area contributed by atoms with Crippen molar-refractivity contribution in [3.63, 3.8) is 0 Å². The van der Waals surface area contributed by atoms with Crippen molar-refractivity contribution in [3.8, 4) is 5.75 Å². The fourth-order valence-electron chi connectivity index (χ4n) is 1.73. The van der Waals surface area contributed by atoms with E-state index in [2.05, 4.69) is 0 Å². The van der Waals surface area contributed by atoms with Crippen LogP contribution in [0.1, 0.15) is 22.3 Å². The normalized spacial score (nSPS) is 10.1. The third-order valence-electron chi connectivity index (χ3n) is 2.76. The van der Waals surface area contributed by atoms with Crippen molar-refractivity contribution in [2.45, 2.75) is 27.2 Å². The Labute approximate surface area is 89.7 Å². The van der Waals surface area contributed by atoms with Gasteiger partial charge in [-0.2, -0.15) is 0 Å². The van der Waals surface area contributed by atoms with Gasteiger partial charge in [0.2, 0.25) is 0 Å². The van der Waals surface area contributed by atoms with Gasteiger partial charge in [-0.25, -0.2) is 0 Å².